The summed E-state index contributed by atoms with van der Waals surface area (Å²) in [4.78, 5) is 6.82. The van der Waals surface area contributed by atoms with E-state index in [0.29, 0.717) is 0 Å². The average molecular weight is 213 g/mol. The zero-order chi connectivity index (χ0) is 11.9. The summed E-state index contributed by atoms with van der Waals surface area (Å²) in [7, 11) is 0. The smallest absolute Gasteiger partial charge is 0.0991 e. The van der Waals surface area contributed by atoms with Crippen molar-refractivity contribution in [2.45, 2.75) is 41.0 Å². The zero-order valence-electron chi connectivity index (χ0n) is 11.0. The van der Waals surface area contributed by atoms with E-state index in [1.807, 2.05) is 0 Å². The second-order valence-corrected chi connectivity index (χ2v) is 4.95. The Bertz CT molecular complexity index is 192. The molecular formula is C12H27N3. The predicted octanol–water partition coefficient (Wildman–Crippen LogP) is 2.12. The summed E-state index contributed by atoms with van der Waals surface area (Å²) in [6.45, 7) is 14.8. The van der Waals surface area contributed by atoms with Gasteiger partial charge in [0.15, 0.2) is 0 Å². The molecule has 0 atom stereocenters. The van der Waals surface area contributed by atoms with Gasteiger partial charge in [-0.2, -0.15) is 0 Å². The number of rotatable bonds is 6. The maximum Gasteiger partial charge on any atom is 0.0991 e. The Labute approximate surface area is 94.7 Å². The molecule has 3 heteroatoms. The minimum Gasteiger partial charge on any atom is -0.387 e. The first kappa shape index (κ1) is 14.4. The lowest BCUT2D eigenvalue weighted by molar-refractivity contribution is 0.297. The maximum atomic E-state index is 5.88. The number of nitrogens with two attached hydrogens (primary N) is 1. The summed E-state index contributed by atoms with van der Waals surface area (Å²) in [5.74, 6) is 0.759. The number of aliphatic imine (C=N–C) groups is 1. The van der Waals surface area contributed by atoms with Crippen molar-refractivity contribution in [1.29, 1.82) is 0 Å². The molecule has 0 amide bonds. The summed E-state index contributed by atoms with van der Waals surface area (Å²) < 4.78 is 0. The molecule has 0 saturated carbocycles. The van der Waals surface area contributed by atoms with Crippen LogP contribution in [0.5, 0.6) is 0 Å². The summed E-state index contributed by atoms with van der Waals surface area (Å²) in [5.41, 5.74) is 5.89. The molecule has 15 heavy (non-hydrogen) atoms. The standard InChI is InChI=1S/C12H27N3/c1-6-9-15(7-2)10-8-14-11(13)12(3,4)5/h6-10H2,1-5H3,(H2,13,14). The molecule has 0 aromatic heterocycles. The minimum absolute atomic E-state index is 0.00179. The van der Waals surface area contributed by atoms with Crippen LogP contribution in [-0.4, -0.2) is 36.9 Å². The van der Waals surface area contributed by atoms with Crippen LogP contribution in [0.1, 0.15) is 41.0 Å². The Balaban J connectivity index is 3.95. The third-order valence-electron chi connectivity index (χ3n) is 2.45. The second-order valence-electron chi connectivity index (χ2n) is 4.95. The van der Waals surface area contributed by atoms with Gasteiger partial charge < -0.3 is 10.6 Å². The van der Waals surface area contributed by atoms with Crippen molar-refractivity contribution in [3.63, 3.8) is 0 Å². The lowest BCUT2D eigenvalue weighted by Gasteiger charge is -2.20. The molecule has 0 rings (SSSR count). The van der Waals surface area contributed by atoms with E-state index in [0.717, 1.165) is 32.0 Å². The normalized spacial score (nSPS) is 13.6. The Morgan fingerprint density at radius 2 is 1.80 bits per heavy atom. The summed E-state index contributed by atoms with van der Waals surface area (Å²) >= 11 is 0. The molecule has 0 spiro atoms. The summed E-state index contributed by atoms with van der Waals surface area (Å²) in [6, 6.07) is 0. The van der Waals surface area contributed by atoms with Crippen LogP contribution in [-0.2, 0) is 0 Å². The molecule has 0 bridgehead atoms. The van der Waals surface area contributed by atoms with Crippen molar-refractivity contribution in [2.24, 2.45) is 16.1 Å². The van der Waals surface area contributed by atoms with E-state index in [4.69, 9.17) is 5.73 Å². The third kappa shape index (κ3) is 6.50. The van der Waals surface area contributed by atoms with E-state index in [2.05, 4.69) is 44.5 Å². The highest BCUT2D eigenvalue weighted by Gasteiger charge is 2.14. The molecule has 0 aromatic rings. The quantitative estimate of drug-likeness (QED) is 0.542. The van der Waals surface area contributed by atoms with Crippen molar-refractivity contribution in [1.82, 2.24) is 4.90 Å². The minimum atomic E-state index is 0.00179. The van der Waals surface area contributed by atoms with E-state index >= 15 is 0 Å². The highest BCUT2D eigenvalue weighted by molar-refractivity contribution is 5.85. The molecule has 0 aliphatic heterocycles. The fraction of sp³-hybridized carbons (Fsp3) is 0.917. The van der Waals surface area contributed by atoms with Gasteiger partial charge in [0, 0.05) is 12.0 Å². The van der Waals surface area contributed by atoms with Gasteiger partial charge in [-0.15, -0.1) is 0 Å². The van der Waals surface area contributed by atoms with Crippen LogP contribution in [0, 0.1) is 5.41 Å². The van der Waals surface area contributed by atoms with Crippen LogP contribution < -0.4 is 5.73 Å². The molecule has 0 saturated heterocycles. The molecule has 0 heterocycles. The van der Waals surface area contributed by atoms with Crippen LogP contribution in [0.2, 0.25) is 0 Å². The maximum absolute atomic E-state index is 5.88. The highest BCUT2D eigenvalue weighted by atomic mass is 15.1. The molecule has 0 fully saturated rings. The lowest BCUT2D eigenvalue weighted by atomic mass is 9.95. The molecule has 2 N–H and O–H groups in total. The van der Waals surface area contributed by atoms with Gasteiger partial charge >= 0.3 is 0 Å². The second kappa shape index (κ2) is 6.83. The molecule has 0 aliphatic rings. The molecule has 0 radical (unpaired) electrons. The summed E-state index contributed by atoms with van der Waals surface area (Å²) in [6.07, 6.45) is 1.20. The zero-order valence-corrected chi connectivity index (χ0v) is 11.0. The Morgan fingerprint density at radius 3 is 2.20 bits per heavy atom. The average Bonchev–Trinajstić information content (AvgIpc) is 2.14. The van der Waals surface area contributed by atoms with Crippen LogP contribution >= 0.6 is 0 Å². The molecule has 90 valence electrons. The molecule has 3 nitrogen and oxygen atoms in total. The van der Waals surface area contributed by atoms with Gasteiger partial charge in [-0.3, -0.25) is 4.99 Å². The van der Waals surface area contributed by atoms with Crippen LogP contribution in [0.15, 0.2) is 4.99 Å². The third-order valence-corrected chi connectivity index (χ3v) is 2.45. The van der Waals surface area contributed by atoms with Gasteiger partial charge in [0.25, 0.3) is 0 Å². The van der Waals surface area contributed by atoms with Gasteiger partial charge in [-0.1, -0.05) is 34.6 Å². The van der Waals surface area contributed by atoms with Crippen LogP contribution in [0.4, 0.5) is 0 Å². The van der Waals surface area contributed by atoms with Crippen molar-refractivity contribution in [2.75, 3.05) is 26.2 Å². The first-order valence-corrected chi connectivity index (χ1v) is 5.94. The predicted molar refractivity (Wildman–Crippen MR) is 68.3 cm³/mol. The van der Waals surface area contributed by atoms with Crippen molar-refractivity contribution < 1.29 is 0 Å². The number of likely N-dealkylation sites (N-methyl/N-ethyl adjacent to an activating group) is 1. The fourth-order valence-corrected chi connectivity index (χ4v) is 1.29. The van der Waals surface area contributed by atoms with Crippen molar-refractivity contribution in [3.05, 3.63) is 0 Å². The van der Waals surface area contributed by atoms with E-state index < -0.39 is 0 Å². The van der Waals surface area contributed by atoms with Crippen LogP contribution in [0.3, 0.4) is 0 Å². The van der Waals surface area contributed by atoms with Crippen LogP contribution in [0.25, 0.3) is 0 Å². The van der Waals surface area contributed by atoms with Gasteiger partial charge in [-0.05, 0) is 19.5 Å². The van der Waals surface area contributed by atoms with Gasteiger partial charge in [0.05, 0.1) is 12.4 Å². The number of nitrogens with zero attached hydrogens (tertiary/aromatic N) is 2. The Kier molecular flexibility index (Phi) is 6.57. The summed E-state index contributed by atoms with van der Waals surface area (Å²) in [5, 5.41) is 0. The van der Waals surface area contributed by atoms with E-state index in [1.54, 1.807) is 0 Å². The lowest BCUT2D eigenvalue weighted by Crippen LogP contribution is -2.31. The van der Waals surface area contributed by atoms with Crippen molar-refractivity contribution in [3.8, 4) is 0 Å². The van der Waals surface area contributed by atoms with Gasteiger partial charge in [0.2, 0.25) is 0 Å². The fourth-order valence-electron chi connectivity index (χ4n) is 1.29. The number of hydrogen-bond acceptors (Lipinski definition) is 2. The largest absolute Gasteiger partial charge is 0.387 e. The first-order chi connectivity index (χ1) is 6.91. The monoisotopic (exact) mass is 213 g/mol. The number of amidine groups is 1. The molecule has 0 aromatic carbocycles. The Hall–Kier alpha value is -0.570. The first-order valence-electron chi connectivity index (χ1n) is 5.94. The van der Waals surface area contributed by atoms with Gasteiger partial charge in [-0.25, -0.2) is 0 Å². The SMILES string of the molecule is CCCN(CC)CCN=C(N)C(C)(C)C. The van der Waals surface area contributed by atoms with E-state index in [1.165, 1.54) is 6.42 Å². The van der Waals surface area contributed by atoms with Gasteiger partial charge in [0.1, 0.15) is 0 Å². The molecule has 0 aliphatic carbocycles. The van der Waals surface area contributed by atoms with E-state index in [-0.39, 0.29) is 5.41 Å². The topological polar surface area (TPSA) is 41.6 Å². The van der Waals surface area contributed by atoms with E-state index in [9.17, 15) is 0 Å². The molecule has 0 unspecified atom stereocenters. The number of hydrogen-bond donors (Lipinski definition) is 1. The highest BCUT2D eigenvalue weighted by Crippen LogP contribution is 2.12. The molecular weight excluding hydrogens is 186 g/mol. The Morgan fingerprint density at radius 1 is 1.20 bits per heavy atom. The van der Waals surface area contributed by atoms with Crippen molar-refractivity contribution >= 4 is 5.84 Å².